The summed E-state index contributed by atoms with van der Waals surface area (Å²) in [4.78, 5) is 14.0. The SMILES string of the molecule is COc1cc(C)ccc1S(=O)(=O)NC1CCCN(C(=O)C(C)C)C1. The van der Waals surface area contributed by atoms with E-state index < -0.39 is 10.0 Å². The number of rotatable bonds is 5. The lowest BCUT2D eigenvalue weighted by atomic mass is 10.0. The molecule has 1 aliphatic heterocycles. The van der Waals surface area contributed by atoms with Gasteiger partial charge in [0.05, 0.1) is 7.11 Å². The smallest absolute Gasteiger partial charge is 0.244 e. The zero-order chi connectivity index (χ0) is 17.9. The highest BCUT2D eigenvalue weighted by Gasteiger charge is 2.29. The fraction of sp³-hybridized carbons (Fsp3) is 0.588. The molecule has 0 bridgehead atoms. The van der Waals surface area contributed by atoms with Gasteiger partial charge in [-0.1, -0.05) is 19.9 Å². The van der Waals surface area contributed by atoms with Crippen LogP contribution in [0.15, 0.2) is 23.1 Å². The first kappa shape index (κ1) is 18.7. The van der Waals surface area contributed by atoms with Crippen LogP contribution in [-0.4, -0.2) is 45.5 Å². The number of methoxy groups -OCH3 is 1. The van der Waals surface area contributed by atoms with Crippen molar-refractivity contribution in [2.24, 2.45) is 5.92 Å². The summed E-state index contributed by atoms with van der Waals surface area (Å²) in [6.45, 7) is 6.68. The van der Waals surface area contributed by atoms with E-state index in [9.17, 15) is 13.2 Å². The molecule has 1 atom stereocenters. The number of carbonyl (C=O) groups is 1. The van der Waals surface area contributed by atoms with E-state index in [0.29, 0.717) is 18.8 Å². The maximum Gasteiger partial charge on any atom is 0.244 e. The molecule has 0 saturated carbocycles. The number of piperidine rings is 1. The van der Waals surface area contributed by atoms with Crippen molar-refractivity contribution in [3.05, 3.63) is 23.8 Å². The third kappa shape index (κ3) is 4.27. The highest BCUT2D eigenvalue weighted by molar-refractivity contribution is 7.89. The Morgan fingerprint density at radius 3 is 2.71 bits per heavy atom. The minimum atomic E-state index is -3.70. The molecule has 134 valence electrons. The quantitative estimate of drug-likeness (QED) is 0.877. The van der Waals surface area contributed by atoms with Crippen molar-refractivity contribution in [2.45, 2.75) is 44.6 Å². The molecule has 1 aliphatic rings. The molecule has 6 nitrogen and oxygen atoms in total. The summed E-state index contributed by atoms with van der Waals surface area (Å²) in [6.07, 6.45) is 1.51. The van der Waals surface area contributed by atoms with Crippen LogP contribution in [0.2, 0.25) is 0 Å². The van der Waals surface area contributed by atoms with Crippen LogP contribution in [0.3, 0.4) is 0 Å². The number of nitrogens with one attached hydrogen (secondary N) is 1. The summed E-state index contributed by atoms with van der Waals surface area (Å²) in [7, 11) is -2.25. The van der Waals surface area contributed by atoms with E-state index in [1.165, 1.54) is 7.11 Å². The second kappa shape index (κ2) is 7.53. The first-order chi connectivity index (χ1) is 11.2. The van der Waals surface area contributed by atoms with Gasteiger partial charge in [-0.2, -0.15) is 0 Å². The maximum atomic E-state index is 12.7. The highest BCUT2D eigenvalue weighted by Crippen LogP contribution is 2.25. The number of ether oxygens (including phenoxy) is 1. The molecule has 1 unspecified atom stereocenters. The Morgan fingerprint density at radius 1 is 1.38 bits per heavy atom. The van der Waals surface area contributed by atoms with Gasteiger partial charge in [0.2, 0.25) is 15.9 Å². The number of aryl methyl sites for hydroxylation is 1. The molecule has 1 saturated heterocycles. The number of nitrogens with zero attached hydrogens (tertiary/aromatic N) is 1. The van der Waals surface area contributed by atoms with Gasteiger partial charge in [-0.3, -0.25) is 4.79 Å². The lowest BCUT2D eigenvalue weighted by Gasteiger charge is -2.34. The number of benzene rings is 1. The van der Waals surface area contributed by atoms with E-state index in [1.54, 1.807) is 23.1 Å². The fourth-order valence-corrected chi connectivity index (χ4v) is 4.33. The van der Waals surface area contributed by atoms with Crippen LogP contribution < -0.4 is 9.46 Å². The van der Waals surface area contributed by atoms with Crippen LogP contribution in [0.25, 0.3) is 0 Å². The van der Waals surface area contributed by atoms with E-state index >= 15 is 0 Å². The average Bonchev–Trinajstić information content (AvgIpc) is 2.53. The lowest BCUT2D eigenvalue weighted by molar-refractivity contribution is -0.135. The molecular formula is C17H26N2O4S. The van der Waals surface area contributed by atoms with Gasteiger partial charge in [0, 0.05) is 25.0 Å². The number of hydrogen-bond donors (Lipinski definition) is 1. The fourth-order valence-electron chi connectivity index (χ4n) is 2.92. The van der Waals surface area contributed by atoms with Crippen molar-refractivity contribution in [2.75, 3.05) is 20.2 Å². The van der Waals surface area contributed by atoms with Gasteiger partial charge in [-0.15, -0.1) is 0 Å². The van der Waals surface area contributed by atoms with Crippen molar-refractivity contribution in [3.63, 3.8) is 0 Å². The Morgan fingerprint density at radius 2 is 2.08 bits per heavy atom. The van der Waals surface area contributed by atoms with E-state index in [1.807, 2.05) is 20.8 Å². The zero-order valence-corrected chi connectivity index (χ0v) is 15.5. The van der Waals surface area contributed by atoms with Crippen molar-refractivity contribution in [3.8, 4) is 5.75 Å². The average molecular weight is 354 g/mol. The molecule has 1 aromatic carbocycles. The molecule has 1 heterocycles. The molecule has 0 aliphatic carbocycles. The van der Waals surface area contributed by atoms with Crippen molar-refractivity contribution >= 4 is 15.9 Å². The van der Waals surface area contributed by atoms with Gasteiger partial charge in [0.15, 0.2) is 0 Å². The molecule has 0 radical (unpaired) electrons. The van der Waals surface area contributed by atoms with Gasteiger partial charge in [0.1, 0.15) is 10.6 Å². The Balaban J connectivity index is 2.16. The van der Waals surface area contributed by atoms with Crippen LogP contribution in [0.1, 0.15) is 32.3 Å². The molecule has 1 aromatic rings. The number of likely N-dealkylation sites (tertiary alicyclic amines) is 1. The molecule has 1 N–H and O–H groups in total. The Kier molecular flexibility index (Phi) is 5.87. The van der Waals surface area contributed by atoms with Gasteiger partial charge in [0.25, 0.3) is 0 Å². The Labute approximate surface area is 144 Å². The second-order valence-electron chi connectivity index (χ2n) is 6.55. The van der Waals surface area contributed by atoms with Crippen molar-refractivity contribution < 1.29 is 17.9 Å². The standard InChI is InChI=1S/C17H26N2O4S/c1-12(2)17(20)19-9-5-6-14(11-19)18-24(21,22)16-8-7-13(3)10-15(16)23-4/h7-8,10,12,14,18H,5-6,9,11H2,1-4H3. The third-order valence-corrected chi connectivity index (χ3v) is 5.72. The van der Waals surface area contributed by atoms with Gasteiger partial charge in [-0.25, -0.2) is 13.1 Å². The molecule has 24 heavy (non-hydrogen) atoms. The number of carbonyl (C=O) groups excluding carboxylic acids is 1. The summed E-state index contributed by atoms with van der Waals surface area (Å²) in [6, 6.07) is 4.71. The predicted octanol–water partition coefficient (Wildman–Crippen LogP) is 1.93. The van der Waals surface area contributed by atoms with Crippen LogP contribution in [0.5, 0.6) is 5.75 Å². The summed E-state index contributed by atoms with van der Waals surface area (Å²) in [5, 5.41) is 0. The third-order valence-electron chi connectivity index (χ3n) is 4.16. The van der Waals surface area contributed by atoms with E-state index in [2.05, 4.69) is 4.72 Å². The molecular weight excluding hydrogens is 328 g/mol. The van der Waals surface area contributed by atoms with Gasteiger partial charge >= 0.3 is 0 Å². The van der Waals surface area contributed by atoms with Crippen molar-refractivity contribution in [1.29, 1.82) is 0 Å². The van der Waals surface area contributed by atoms with E-state index in [-0.39, 0.29) is 22.8 Å². The molecule has 2 rings (SSSR count). The topological polar surface area (TPSA) is 75.7 Å². The molecule has 0 aromatic heterocycles. The normalized spacial score (nSPS) is 18.7. The first-order valence-electron chi connectivity index (χ1n) is 8.20. The predicted molar refractivity (Wildman–Crippen MR) is 92.5 cm³/mol. The molecule has 1 fully saturated rings. The summed E-state index contributed by atoms with van der Waals surface area (Å²) in [5.74, 6) is 0.304. The lowest BCUT2D eigenvalue weighted by Crippen LogP contribution is -2.50. The molecule has 1 amide bonds. The van der Waals surface area contributed by atoms with Crippen LogP contribution in [-0.2, 0) is 14.8 Å². The minimum absolute atomic E-state index is 0.0619. The Bertz CT molecular complexity index is 701. The van der Waals surface area contributed by atoms with E-state index in [0.717, 1.165) is 18.4 Å². The molecule has 0 spiro atoms. The summed E-state index contributed by atoms with van der Waals surface area (Å²) in [5.41, 5.74) is 0.928. The second-order valence-corrected chi connectivity index (χ2v) is 8.24. The number of sulfonamides is 1. The largest absolute Gasteiger partial charge is 0.495 e. The molecule has 7 heteroatoms. The minimum Gasteiger partial charge on any atom is -0.495 e. The summed E-state index contributed by atoms with van der Waals surface area (Å²) < 4.78 is 33.4. The van der Waals surface area contributed by atoms with Crippen LogP contribution >= 0.6 is 0 Å². The maximum absolute atomic E-state index is 12.7. The van der Waals surface area contributed by atoms with Crippen molar-refractivity contribution in [1.82, 2.24) is 9.62 Å². The zero-order valence-electron chi connectivity index (χ0n) is 14.7. The van der Waals surface area contributed by atoms with Crippen LogP contribution in [0.4, 0.5) is 0 Å². The van der Waals surface area contributed by atoms with E-state index in [4.69, 9.17) is 4.74 Å². The highest BCUT2D eigenvalue weighted by atomic mass is 32.2. The van der Waals surface area contributed by atoms with Gasteiger partial charge in [-0.05, 0) is 37.5 Å². The first-order valence-corrected chi connectivity index (χ1v) is 9.68. The monoisotopic (exact) mass is 354 g/mol. The van der Waals surface area contributed by atoms with Crippen LogP contribution in [0, 0.1) is 12.8 Å². The number of hydrogen-bond acceptors (Lipinski definition) is 4. The Hall–Kier alpha value is -1.60. The van der Waals surface area contributed by atoms with Gasteiger partial charge < -0.3 is 9.64 Å². The summed E-state index contributed by atoms with van der Waals surface area (Å²) >= 11 is 0. The number of amides is 1.